The molecule has 0 spiro atoms. The van der Waals surface area contributed by atoms with Gasteiger partial charge in [0.25, 0.3) is 0 Å². The van der Waals surface area contributed by atoms with Crippen LogP contribution in [0.3, 0.4) is 0 Å². The van der Waals surface area contributed by atoms with Crippen molar-refractivity contribution in [3.05, 3.63) is 35.4 Å². The maximum absolute atomic E-state index is 12.4. The van der Waals surface area contributed by atoms with Crippen molar-refractivity contribution in [1.29, 1.82) is 5.26 Å². The van der Waals surface area contributed by atoms with E-state index >= 15 is 0 Å². The Labute approximate surface area is 127 Å². The second kappa shape index (κ2) is 6.30. The Morgan fingerprint density at radius 3 is 2.38 bits per heavy atom. The Kier molecular flexibility index (Phi) is 4.67. The van der Waals surface area contributed by atoms with Crippen molar-refractivity contribution in [3.63, 3.8) is 0 Å². The number of nitriles is 1. The fraction of sp³-hybridized carbons (Fsp3) is 0.556. The smallest absolute Gasteiger partial charge is 0.226 e. The number of rotatable bonds is 3. The Bertz CT molecular complexity index is 529. The first kappa shape index (κ1) is 15.6. The van der Waals surface area contributed by atoms with Crippen LogP contribution in [-0.2, 0) is 11.2 Å². The molecule has 0 radical (unpaired) electrons. The SMILES string of the molecule is CN(C(=O)Cc1ccc(C#N)cc1)C1CCC(C)(C)CC1. The zero-order valence-corrected chi connectivity index (χ0v) is 13.2. The number of carbonyl (C=O) groups is 1. The predicted molar refractivity (Wildman–Crippen MR) is 83.7 cm³/mol. The molecule has 0 saturated heterocycles. The van der Waals surface area contributed by atoms with E-state index in [2.05, 4.69) is 19.9 Å². The minimum absolute atomic E-state index is 0.171. The number of amides is 1. The van der Waals surface area contributed by atoms with Gasteiger partial charge in [-0.3, -0.25) is 4.79 Å². The molecule has 0 aliphatic heterocycles. The zero-order valence-electron chi connectivity index (χ0n) is 13.2. The van der Waals surface area contributed by atoms with Crippen molar-refractivity contribution in [1.82, 2.24) is 4.90 Å². The first-order valence-corrected chi connectivity index (χ1v) is 7.66. The van der Waals surface area contributed by atoms with E-state index in [1.54, 1.807) is 12.1 Å². The summed E-state index contributed by atoms with van der Waals surface area (Å²) in [5.74, 6) is 0.171. The summed E-state index contributed by atoms with van der Waals surface area (Å²) in [6.07, 6.45) is 4.99. The number of likely N-dealkylation sites (N-methyl/N-ethyl adjacent to an activating group) is 1. The van der Waals surface area contributed by atoms with Gasteiger partial charge < -0.3 is 4.90 Å². The third-order valence-electron chi connectivity index (χ3n) is 4.69. The van der Waals surface area contributed by atoms with E-state index in [1.807, 2.05) is 24.1 Å². The maximum atomic E-state index is 12.4. The van der Waals surface area contributed by atoms with Gasteiger partial charge in [0, 0.05) is 13.1 Å². The van der Waals surface area contributed by atoms with Crippen LogP contribution in [0.2, 0.25) is 0 Å². The summed E-state index contributed by atoms with van der Waals surface area (Å²) in [7, 11) is 1.93. The maximum Gasteiger partial charge on any atom is 0.226 e. The van der Waals surface area contributed by atoms with Crippen LogP contribution in [0.4, 0.5) is 0 Å². The summed E-state index contributed by atoms with van der Waals surface area (Å²) < 4.78 is 0. The topological polar surface area (TPSA) is 44.1 Å². The van der Waals surface area contributed by atoms with Gasteiger partial charge in [0.15, 0.2) is 0 Å². The van der Waals surface area contributed by atoms with E-state index in [9.17, 15) is 4.79 Å². The molecule has 3 nitrogen and oxygen atoms in total. The highest BCUT2D eigenvalue weighted by Crippen LogP contribution is 2.36. The fourth-order valence-corrected chi connectivity index (χ4v) is 2.97. The van der Waals surface area contributed by atoms with Gasteiger partial charge in [-0.15, -0.1) is 0 Å². The molecule has 1 aromatic carbocycles. The van der Waals surface area contributed by atoms with E-state index in [-0.39, 0.29) is 5.91 Å². The van der Waals surface area contributed by atoms with Crippen molar-refractivity contribution in [3.8, 4) is 6.07 Å². The second-order valence-corrected chi connectivity index (χ2v) is 6.89. The Morgan fingerprint density at radius 2 is 1.86 bits per heavy atom. The third kappa shape index (κ3) is 4.07. The van der Waals surface area contributed by atoms with Gasteiger partial charge in [0.05, 0.1) is 18.1 Å². The van der Waals surface area contributed by atoms with Crippen LogP contribution < -0.4 is 0 Å². The Morgan fingerprint density at radius 1 is 1.29 bits per heavy atom. The molecular weight excluding hydrogens is 260 g/mol. The van der Waals surface area contributed by atoms with Crippen LogP contribution in [-0.4, -0.2) is 23.9 Å². The molecule has 1 aliphatic rings. The quantitative estimate of drug-likeness (QED) is 0.852. The Balaban J connectivity index is 1.92. The van der Waals surface area contributed by atoms with Crippen LogP contribution in [0.5, 0.6) is 0 Å². The van der Waals surface area contributed by atoms with Crippen LogP contribution in [0.1, 0.15) is 50.7 Å². The minimum Gasteiger partial charge on any atom is -0.342 e. The van der Waals surface area contributed by atoms with E-state index in [0.717, 1.165) is 18.4 Å². The molecule has 1 amide bonds. The number of benzene rings is 1. The first-order chi connectivity index (χ1) is 9.91. The summed E-state index contributed by atoms with van der Waals surface area (Å²) in [5, 5.41) is 8.79. The largest absolute Gasteiger partial charge is 0.342 e. The van der Waals surface area contributed by atoms with Crippen molar-refractivity contribution in [2.24, 2.45) is 5.41 Å². The molecule has 1 fully saturated rings. The summed E-state index contributed by atoms with van der Waals surface area (Å²) in [5.41, 5.74) is 2.03. The minimum atomic E-state index is 0.171. The standard InChI is InChI=1S/C18H24N2O/c1-18(2)10-8-16(9-11-18)20(3)17(21)12-14-4-6-15(13-19)7-5-14/h4-7,16H,8-12H2,1-3H3. The number of carbonyl (C=O) groups excluding carboxylic acids is 1. The first-order valence-electron chi connectivity index (χ1n) is 7.66. The van der Waals surface area contributed by atoms with Gasteiger partial charge in [-0.25, -0.2) is 0 Å². The summed E-state index contributed by atoms with van der Waals surface area (Å²) >= 11 is 0. The van der Waals surface area contributed by atoms with E-state index in [4.69, 9.17) is 5.26 Å². The molecule has 21 heavy (non-hydrogen) atoms. The molecule has 0 atom stereocenters. The van der Waals surface area contributed by atoms with Gasteiger partial charge in [0.2, 0.25) is 5.91 Å². The second-order valence-electron chi connectivity index (χ2n) is 6.89. The van der Waals surface area contributed by atoms with Crippen LogP contribution in [0.25, 0.3) is 0 Å². The third-order valence-corrected chi connectivity index (χ3v) is 4.69. The molecule has 3 heteroatoms. The van der Waals surface area contributed by atoms with Crippen molar-refractivity contribution in [2.75, 3.05) is 7.05 Å². The monoisotopic (exact) mass is 284 g/mol. The number of nitrogens with zero attached hydrogens (tertiary/aromatic N) is 2. The zero-order chi connectivity index (χ0) is 15.5. The van der Waals surface area contributed by atoms with Crippen molar-refractivity contribution in [2.45, 2.75) is 52.0 Å². The van der Waals surface area contributed by atoms with Gasteiger partial charge in [0.1, 0.15) is 0 Å². The highest BCUT2D eigenvalue weighted by atomic mass is 16.2. The van der Waals surface area contributed by atoms with Crippen molar-refractivity contribution < 1.29 is 4.79 Å². The lowest BCUT2D eigenvalue weighted by molar-refractivity contribution is -0.132. The lowest BCUT2D eigenvalue weighted by atomic mass is 9.75. The van der Waals surface area contributed by atoms with Gasteiger partial charge >= 0.3 is 0 Å². The molecule has 0 aromatic heterocycles. The molecule has 1 saturated carbocycles. The van der Waals surface area contributed by atoms with Crippen LogP contribution >= 0.6 is 0 Å². The fourth-order valence-electron chi connectivity index (χ4n) is 2.97. The van der Waals surface area contributed by atoms with E-state index < -0.39 is 0 Å². The van der Waals surface area contributed by atoms with E-state index in [0.29, 0.717) is 23.4 Å². The molecule has 1 aromatic rings. The van der Waals surface area contributed by atoms with Gasteiger partial charge in [-0.2, -0.15) is 5.26 Å². The molecular formula is C18H24N2O. The molecule has 0 bridgehead atoms. The molecule has 112 valence electrons. The average Bonchev–Trinajstić information content (AvgIpc) is 2.47. The molecule has 2 rings (SSSR count). The lowest BCUT2D eigenvalue weighted by Crippen LogP contribution is -2.41. The highest BCUT2D eigenvalue weighted by molar-refractivity contribution is 5.78. The molecule has 1 aliphatic carbocycles. The average molecular weight is 284 g/mol. The highest BCUT2D eigenvalue weighted by Gasteiger charge is 2.30. The molecule has 0 N–H and O–H groups in total. The van der Waals surface area contributed by atoms with Crippen LogP contribution in [0.15, 0.2) is 24.3 Å². The summed E-state index contributed by atoms with van der Waals surface area (Å²) in [4.78, 5) is 14.3. The number of hydrogen-bond acceptors (Lipinski definition) is 2. The summed E-state index contributed by atoms with van der Waals surface area (Å²) in [6.45, 7) is 4.61. The molecule has 0 unspecified atom stereocenters. The lowest BCUT2D eigenvalue weighted by Gasteiger charge is -2.38. The van der Waals surface area contributed by atoms with Crippen molar-refractivity contribution >= 4 is 5.91 Å². The van der Waals surface area contributed by atoms with Crippen LogP contribution in [0, 0.1) is 16.7 Å². The van der Waals surface area contributed by atoms with Gasteiger partial charge in [-0.05, 0) is 48.8 Å². The number of hydrogen-bond donors (Lipinski definition) is 0. The Hall–Kier alpha value is -1.82. The van der Waals surface area contributed by atoms with E-state index in [1.165, 1.54) is 12.8 Å². The normalized spacial score (nSPS) is 18.0. The predicted octanol–water partition coefficient (Wildman–Crippen LogP) is 3.53. The molecule has 0 heterocycles. The summed E-state index contributed by atoms with van der Waals surface area (Å²) in [6, 6.07) is 9.75. The van der Waals surface area contributed by atoms with Gasteiger partial charge in [-0.1, -0.05) is 26.0 Å².